The number of halogens is 2. The molecule has 6 atom stereocenters. The summed E-state index contributed by atoms with van der Waals surface area (Å²) in [6.07, 6.45) is 1.82. The van der Waals surface area contributed by atoms with Gasteiger partial charge in [-0.2, -0.15) is 0 Å². The van der Waals surface area contributed by atoms with Gasteiger partial charge in [-0.3, -0.25) is 4.99 Å². The van der Waals surface area contributed by atoms with Crippen LogP contribution in [0.25, 0.3) is 0 Å². The van der Waals surface area contributed by atoms with Gasteiger partial charge in [0.05, 0.1) is 12.3 Å². The molecule has 0 aromatic carbocycles. The van der Waals surface area contributed by atoms with Gasteiger partial charge in [0.15, 0.2) is 4.21 Å². The van der Waals surface area contributed by atoms with E-state index in [0.717, 1.165) is 17.3 Å². The van der Waals surface area contributed by atoms with Gasteiger partial charge in [-0.15, -0.1) is 0 Å². The lowest BCUT2D eigenvalue weighted by Crippen LogP contribution is -2.58. The molecule has 2 aliphatic heterocycles. The Morgan fingerprint density at radius 1 is 1.22 bits per heavy atom. The molecule has 1 saturated heterocycles. The van der Waals surface area contributed by atoms with E-state index in [4.69, 9.17) is 16.3 Å². The number of rotatable bonds is 3. The maximum Gasteiger partial charge on any atom is 0.151 e. The minimum Gasteiger partial charge on any atom is -0.394 e. The molecule has 0 aromatic rings. The molecular weight excluding hydrogens is 410 g/mol. The van der Waals surface area contributed by atoms with Crippen LogP contribution in [0.1, 0.15) is 0 Å². The largest absolute Gasteiger partial charge is 0.394 e. The van der Waals surface area contributed by atoms with Crippen molar-refractivity contribution in [3.05, 3.63) is 34.0 Å². The van der Waals surface area contributed by atoms with Gasteiger partial charge >= 0.3 is 0 Å². The molecule has 23 heavy (non-hydrogen) atoms. The Kier molecular flexibility index (Phi) is 5.06. The van der Waals surface area contributed by atoms with Crippen molar-refractivity contribution < 1.29 is 25.2 Å². The number of hydrogen-bond acceptors (Lipinski definition) is 7. The third-order valence-electron chi connectivity index (χ3n) is 3.90. The Bertz CT molecular complexity index is 622. The summed E-state index contributed by atoms with van der Waals surface area (Å²) in [6, 6.07) is 0. The van der Waals surface area contributed by atoms with Crippen molar-refractivity contribution in [1.82, 2.24) is 0 Å². The molecule has 0 amide bonds. The van der Waals surface area contributed by atoms with Gasteiger partial charge in [-0.05, 0) is 18.2 Å². The topological polar surface area (TPSA) is 103 Å². The van der Waals surface area contributed by atoms with E-state index in [1.807, 2.05) is 6.08 Å². The van der Waals surface area contributed by atoms with Crippen molar-refractivity contribution in [2.24, 2.45) is 4.99 Å². The normalized spacial score (nSPS) is 42.9. The van der Waals surface area contributed by atoms with Crippen LogP contribution in [-0.2, 0) is 4.74 Å². The van der Waals surface area contributed by atoms with Crippen LogP contribution < -0.4 is 0 Å². The summed E-state index contributed by atoms with van der Waals surface area (Å²) in [6.45, 7) is -0.481. The average Bonchev–Trinajstić information content (AvgIpc) is 3.02. The van der Waals surface area contributed by atoms with Gasteiger partial charge in [-0.1, -0.05) is 39.3 Å². The molecular formula is C14H15BrClNO5S. The average molecular weight is 425 g/mol. The molecule has 0 aromatic heterocycles. The highest BCUT2D eigenvalue weighted by Gasteiger charge is 2.50. The highest BCUT2D eigenvalue weighted by atomic mass is 79.9. The maximum atomic E-state index is 10.2. The fourth-order valence-electron chi connectivity index (χ4n) is 2.58. The Morgan fingerprint density at radius 3 is 2.65 bits per heavy atom. The molecule has 3 rings (SSSR count). The number of aliphatic imine (C=N–C) groups is 1. The maximum absolute atomic E-state index is 10.2. The number of allylic oxidation sites excluding steroid dienone is 4. The summed E-state index contributed by atoms with van der Waals surface area (Å²) in [5, 5.41) is 39.2. The summed E-state index contributed by atoms with van der Waals surface area (Å²) < 4.78 is 5.09. The molecule has 0 spiro atoms. The number of aliphatic hydroxyl groups excluding tert-OH is 4. The van der Waals surface area contributed by atoms with Crippen molar-refractivity contribution in [3.63, 3.8) is 0 Å². The van der Waals surface area contributed by atoms with Crippen LogP contribution in [0, 0.1) is 0 Å². The third kappa shape index (κ3) is 2.96. The van der Waals surface area contributed by atoms with Crippen LogP contribution in [0.2, 0.25) is 0 Å². The molecule has 0 saturated carbocycles. The lowest BCUT2D eigenvalue weighted by atomic mass is 10.0. The lowest BCUT2D eigenvalue weighted by Gasteiger charge is -2.43. The second-order valence-electron chi connectivity index (χ2n) is 5.34. The first-order chi connectivity index (χ1) is 10.9. The minimum atomic E-state index is -1.44. The first-order valence-corrected chi connectivity index (χ1v) is 8.94. The number of alkyl halides is 1. The molecule has 2 heterocycles. The molecule has 2 unspecified atom stereocenters. The van der Waals surface area contributed by atoms with Gasteiger partial charge in [0.1, 0.15) is 29.9 Å². The van der Waals surface area contributed by atoms with E-state index >= 15 is 0 Å². The number of nitrogens with zero attached hydrogens (tertiary/aromatic N) is 1. The predicted octanol–water partition coefficient (Wildman–Crippen LogP) is 0.642. The summed E-state index contributed by atoms with van der Waals surface area (Å²) in [5.41, 5.74) is 0.501. The molecule has 9 heteroatoms. The van der Waals surface area contributed by atoms with Crippen molar-refractivity contribution >= 4 is 45.5 Å². The van der Waals surface area contributed by atoms with Gasteiger partial charge in [0, 0.05) is 16.3 Å². The van der Waals surface area contributed by atoms with E-state index in [2.05, 4.69) is 20.9 Å². The summed E-state index contributed by atoms with van der Waals surface area (Å²) in [4.78, 5) is 4.21. The quantitative estimate of drug-likeness (QED) is 0.496. The molecule has 126 valence electrons. The predicted molar refractivity (Wildman–Crippen MR) is 91.6 cm³/mol. The molecule has 6 nitrogen and oxygen atoms in total. The number of ether oxygens (including phenoxy) is 1. The zero-order chi connectivity index (χ0) is 16.8. The van der Waals surface area contributed by atoms with Crippen LogP contribution in [0.15, 0.2) is 39.0 Å². The van der Waals surface area contributed by atoms with Crippen LogP contribution in [0.5, 0.6) is 0 Å². The number of hydrogen-bond donors (Lipinski definition) is 4. The smallest absolute Gasteiger partial charge is 0.151 e. The first-order valence-electron chi connectivity index (χ1n) is 6.89. The van der Waals surface area contributed by atoms with Gasteiger partial charge in [0.2, 0.25) is 0 Å². The van der Waals surface area contributed by atoms with Crippen LogP contribution in [0.3, 0.4) is 0 Å². The lowest BCUT2D eigenvalue weighted by molar-refractivity contribution is -0.205. The summed E-state index contributed by atoms with van der Waals surface area (Å²) in [5.74, 6) is 0. The molecule has 0 radical (unpaired) electrons. The molecule has 0 bridgehead atoms. The molecule has 1 aliphatic carbocycles. The zero-order valence-electron chi connectivity index (χ0n) is 11.7. The first kappa shape index (κ1) is 17.6. The molecule has 3 aliphatic rings. The third-order valence-corrected chi connectivity index (χ3v) is 7.31. The van der Waals surface area contributed by atoms with Crippen molar-refractivity contribution in [1.29, 1.82) is 0 Å². The standard InChI is InChI=1S/C14H15BrClNO5S/c15-9-2-1-7-6(3-4-17-7)14(9,16)23-13-12(21)11(20)10(19)8(5-18)22-13/h1-4,8,10-13,18-21H,5H2/t8-,10+,11+,12-,13?,14?/m1/s1. The molecule has 1 fully saturated rings. The number of aliphatic hydroxyl groups is 4. The van der Waals surface area contributed by atoms with E-state index in [1.165, 1.54) is 0 Å². The van der Waals surface area contributed by atoms with Crippen LogP contribution in [-0.4, -0.2) is 67.3 Å². The second kappa shape index (κ2) is 6.61. The van der Waals surface area contributed by atoms with Crippen molar-refractivity contribution in [2.75, 3.05) is 6.61 Å². The van der Waals surface area contributed by atoms with Crippen molar-refractivity contribution in [3.8, 4) is 0 Å². The highest BCUT2D eigenvalue weighted by Crippen LogP contribution is 2.54. The van der Waals surface area contributed by atoms with E-state index in [0.29, 0.717) is 10.2 Å². The number of fused-ring (bicyclic) bond motifs is 1. The van der Waals surface area contributed by atoms with E-state index in [-0.39, 0.29) is 0 Å². The van der Waals surface area contributed by atoms with Crippen molar-refractivity contribution in [2.45, 2.75) is 34.1 Å². The van der Waals surface area contributed by atoms with E-state index in [1.54, 1.807) is 18.4 Å². The Balaban J connectivity index is 1.86. The van der Waals surface area contributed by atoms with Crippen LogP contribution in [0.4, 0.5) is 0 Å². The minimum absolute atomic E-state index is 0.481. The SMILES string of the molecule is OC[C@H]1OC(SC2(Cl)C(Br)=CC=C3N=CC=C32)[C@H](O)[C@@H](O)[C@H]1O. The monoisotopic (exact) mass is 423 g/mol. The highest BCUT2D eigenvalue weighted by molar-refractivity contribution is 9.12. The summed E-state index contributed by atoms with van der Waals surface area (Å²) in [7, 11) is 0. The number of thioether (sulfide) groups is 1. The van der Waals surface area contributed by atoms with Crippen LogP contribution >= 0.6 is 39.3 Å². The Labute approximate surface area is 150 Å². The Hall–Kier alpha value is -0.190. The second-order valence-corrected chi connectivity index (χ2v) is 8.29. The van der Waals surface area contributed by atoms with Gasteiger partial charge in [0.25, 0.3) is 0 Å². The fraction of sp³-hybridized carbons (Fsp3) is 0.500. The Morgan fingerprint density at radius 2 is 1.96 bits per heavy atom. The van der Waals surface area contributed by atoms with Gasteiger partial charge in [-0.25, -0.2) is 0 Å². The van der Waals surface area contributed by atoms with E-state index < -0.39 is 40.7 Å². The summed E-state index contributed by atoms with van der Waals surface area (Å²) >= 11 is 11.3. The van der Waals surface area contributed by atoms with E-state index in [9.17, 15) is 20.4 Å². The zero-order valence-corrected chi connectivity index (χ0v) is 14.9. The molecule has 4 N–H and O–H groups in total. The van der Waals surface area contributed by atoms with Gasteiger partial charge < -0.3 is 25.2 Å². The fourth-order valence-corrected chi connectivity index (χ4v) is 5.00.